The summed E-state index contributed by atoms with van der Waals surface area (Å²) in [5.41, 5.74) is 0.0644. The number of carbonyl (C=O) groups is 1. The van der Waals surface area contributed by atoms with E-state index in [0.29, 0.717) is 25.6 Å². The van der Waals surface area contributed by atoms with Gasteiger partial charge in [-0.05, 0) is 31.0 Å². The second kappa shape index (κ2) is 7.25. The van der Waals surface area contributed by atoms with E-state index in [1.807, 2.05) is 0 Å². The molecule has 2 rings (SSSR count). The van der Waals surface area contributed by atoms with Gasteiger partial charge in [0.2, 0.25) is 0 Å². The van der Waals surface area contributed by atoms with Crippen LogP contribution in [0.2, 0.25) is 5.02 Å². The summed E-state index contributed by atoms with van der Waals surface area (Å²) in [7, 11) is 0. The Balaban J connectivity index is 1.94. The lowest BCUT2D eigenvalue weighted by atomic mass is 10.1. The van der Waals surface area contributed by atoms with Crippen LogP contribution in [0.5, 0.6) is 0 Å². The quantitative estimate of drug-likeness (QED) is 0.797. The molecule has 1 aromatic rings. The van der Waals surface area contributed by atoms with Gasteiger partial charge in [0.15, 0.2) is 0 Å². The van der Waals surface area contributed by atoms with Crippen molar-refractivity contribution in [2.45, 2.75) is 18.9 Å². The topological polar surface area (TPSA) is 29.5 Å². The van der Waals surface area contributed by atoms with Crippen LogP contribution in [-0.4, -0.2) is 42.5 Å². The number of nitrogens with zero attached hydrogens (tertiary/aromatic N) is 1. The zero-order valence-electron chi connectivity index (χ0n) is 10.9. The first-order valence-electron chi connectivity index (χ1n) is 6.53. The first kappa shape index (κ1) is 15.5. The maximum atomic E-state index is 13.7. The minimum atomic E-state index is -0.581. The van der Waals surface area contributed by atoms with Gasteiger partial charge in [0.1, 0.15) is 5.82 Å². The number of benzene rings is 1. The number of hydrogen-bond donors (Lipinski definition) is 0. The van der Waals surface area contributed by atoms with E-state index in [1.165, 1.54) is 12.1 Å². The minimum absolute atomic E-state index is 0.0644. The molecule has 0 bridgehead atoms. The smallest absolute Gasteiger partial charge is 0.256 e. The number of piperidine rings is 1. The van der Waals surface area contributed by atoms with Crippen molar-refractivity contribution in [2.24, 2.45) is 0 Å². The van der Waals surface area contributed by atoms with Gasteiger partial charge in [0.25, 0.3) is 5.91 Å². The Hall–Kier alpha value is -0.840. The summed E-state index contributed by atoms with van der Waals surface area (Å²) < 4.78 is 19.3. The standard InChI is InChI=1S/C14H16Cl2FNO2/c15-5-8-20-11-3-6-18(7-4-11)14(19)12-2-1-10(16)9-13(12)17/h1-2,9,11H,3-8H2. The summed E-state index contributed by atoms with van der Waals surface area (Å²) in [6, 6.07) is 4.11. The number of carbonyl (C=O) groups excluding carboxylic acids is 1. The second-order valence-electron chi connectivity index (χ2n) is 4.68. The minimum Gasteiger partial charge on any atom is -0.377 e. The number of amides is 1. The molecule has 1 aromatic carbocycles. The van der Waals surface area contributed by atoms with Crippen LogP contribution >= 0.6 is 23.2 Å². The molecule has 1 fully saturated rings. The summed E-state index contributed by atoms with van der Waals surface area (Å²) in [6.07, 6.45) is 1.63. The van der Waals surface area contributed by atoms with Gasteiger partial charge in [0.05, 0.1) is 18.3 Å². The Bertz CT molecular complexity index is 476. The fourth-order valence-electron chi connectivity index (χ4n) is 2.27. The molecule has 0 unspecified atom stereocenters. The lowest BCUT2D eigenvalue weighted by Crippen LogP contribution is -2.41. The van der Waals surface area contributed by atoms with Crippen LogP contribution in [-0.2, 0) is 4.74 Å². The molecule has 6 heteroatoms. The van der Waals surface area contributed by atoms with E-state index in [2.05, 4.69) is 0 Å². The number of rotatable bonds is 4. The fourth-order valence-corrected chi connectivity index (χ4v) is 2.52. The van der Waals surface area contributed by atoms with Crippen molar-refractivity contribution in [2.75, 3.05) is 25.6 Å². The average molecular weight is 320 g/mol. The first-order chi connectivity index (χ1) is 9.61. The summed E-state index contributed by atoms with van der Waals surface area (Å²) in [4.78, 5) is 13.9. The van der Waals surface area contributed by atoms with Crippen molar-refractivity contribution in [3.63, 3.8) is 0 Å². The highest BCUT2D eigenvalue weighted by Gasteiger charge is 2.25. The van der Waals surface area contributed by atoms with Crippen LogP contribution in [0, 0.1) is 5.82 Å². The molecular weight excluding hydrogens is 304 g/mol. The molecule has 1 amide bonds. The Morgan fingerprint density at radius 3 is 2.70 bits per heavy atom. The third-order valence-electron chi connectivity index (χ3n) is 3.32. The number of halogens is 3. The lowest BCUT2D eigenvalue weighted by molar-refractivity contribution is 0.0153. The van der Waals surface area contributed by atoms with Crippen molar-refractivity contribution in [3.8, 4) is 0 Å². The van der Waals surface area contributed by atoms with E-state index in [4.69, 9.17) is 27.9 Å². The molecule has 1 aliphatic heterocycles. The van der Waals surface area contributed by atoms with Crippen molar-refractivity contribution in [3.05, 3.63) is 34.6 Å². The molecule has 20 heavy (non-hydrogen) atoms. The maximum absolute atomic E-state index is 13.7. The predicted octanol–water partition coefficient (Wildman–Crippen LogP) is 3.34. The molecular formula is C14H16Cl2FNO2. The third kappa shape index (κ3) is 3.84. The van der Waals surface area contributed by atoms with Crippen LogP contribution in [0.15, 0.2) is 18.2 Å². The van der Waals surface area contributed by atoms with Gasteiger partial charge in [-0.25, -0.2) is 4.39 Å². The molecule has 1 aliphatic rings. The molecule has 0 spiro atoms. The van der Waals surface area contributed by atoms with Crippen LogP contribution in [0.25, 0.3) is 0 Å². The zero-order chi connectivity index (χ0) is 14.5. The molecule has 0 N–H and O–H groups in total. The highest BCUT2D eigenvalue weighted by atomic mass is 35.5. The molecule has 0 atom stereocenters. The van der Waals surface area contributed by atoms with Crippen molar-refractivity contribution in [1.82, 2.24) is 4.90 Å². The van der Waals surface area contributed by atoms with Crippen LogP contribution < -0.4 is 0 Å². The van der Waals surface area contributed by atoms with Gasteiger partial charge >= 0.3 is 0 Å². The SMILES string of the molecule is O=C(c1ccc(Cl)cc1F)N1CCC(OCCCl)CC1. The molecule has 0 aliphatic carbocycles. The average Bonchev–Trinajstić information content (AvgIpc) is 2.45. The van der Waals surface area contributed by atoms with E-state index in [0.717, 1.165) is 18.9 Å². The zero-order valence-corrected chi connectivity index (χ0v) is 12.5. The molecule has 3 nitrogen and oxygen atoms in total. The Labute approximate surface area is 127 Å². The van der Waals surface area contributed by atoms with Crippen molar-refractivity contribution >= 4 is 29.1 Å². The number of alkyl halides is 1. The molecule has 1 saturated heterocycles. The van der Waals surface area contributed by atoms with Gasteiger partial charge in [-0.3, -0.25) is 4.79 Å². The van der Waals surface area contributed by atoms with E-state index in [-0.39, 0.29) is 22.6 Å². The molecule has 0 aromatic heterocycles. The Kier molecular flexibility index (Phi) is 5.64. The summed E-state index contributed by atoms with van der Waals surface area (Å²) in [5, 5.41) is 0.284. The number of hydrogen-bond acceptors (Lipinski definition) is 2. The fraction of sp³-hybridized carbons (Fsp3) is 0.500. The van der Waals surface area contributed by atoms with Gasteiger partial charge in [0, 0.05) is 24.0 Å². The highest BCUT2D eigenvalue weighted by Crippen LogP contribution is 2.20. The van der Waals surface area contributed by atoms with Crippen LogP contribution in [0.3, 0.4) is 0 Å². The number of ether oxygens (including phenoxy) is 1. The van der Waals surface area contributed by atoms with E-state index in [1.54, 1.807) is 4.90 Å². The Morgan fingerprint density at radius 1 is 1.40 bits per heavy atom. The van der Waals surface area contributed by atoms with Crippen LogP contribution in [0.4, 0.5) is 4.39 Å². The third-order valence-corrected chi connectivity index (χ3v) is 3.71. The predicted molar refractivity (Wildman–Crippen MR) is 77.0 cm³/mol. The monoisotopic (exact) mass is 319 g/mol. The molecule has 110 valence electrons. The molecule has 0 saturated carbocycles. The van der Waals surface area contributed by atoms with Gasteiger partial charge < -0.3 is 9.64 Å². The molecule has 1 heterocycles. The van der Waals surface area contributed by atoms with E-state index >= 15 is 0 Å². The Morgan fingerprint density at radius 2 is 2.10 bits per heavy atom. The largest absolute Gasteiger partial charge is 0.377 e. The van der Waals surface area contributed by atoms with Gasteiger partial charge in [-0.15, -0.1) is 11.6 Å². The number of likely N-dealkylation sites (tertiary alicyclic amines) is 1. The summed E-state index contributed by atoms with van der Waals surface area (Å²) >= 11 is 11.3. The summed E-state index contributed by atoms with van der Waals surface area (Å²) in [6.45, 7) is 1.65. The van der Waals surface area contributed by atoms with Crippen molar-refractivity contribution < 1.29 is 13.9 Å². The van der Waals surface area contributed by atoms with Crippen LogP contribution in [0.1, 0.15) is 23.2 Å². The van der Waals surface area contributed by atoms with Gasteiger partial charge in [-0.2, -0.15) is 0 Å². The van der Waals surface area contributed by atoms with E-state index in [9.17, 15) is 9.18 Å². The second-order valence-corrected chi connectivity index (χ2v) is 5.49. The normalized spacial score (nSPS) is 16.4. The summed E-state index contributed by atoms with van der Waals surface area (Å²) in [5.74, 6) is -0.409. The lowest BCUT2D eigenvalue weighted by Gasteiger charge is -2.32. The van der Waals surface area contributed by atoms with E-state index < -0.39 is 5.82 Å². The van der Waals surface area contributed by atoms with Gasteiger partial charge in [-0.1, -0.05) is 11.6 Å². The highest BCUT2D eigenvalue weighted by molar-refractivity contribution is 6.30. The maximum Gasteiger partial charge on any atom is 0.256 e. The molecule has 0 radical (unpaired) electrons. The first-order valence-corrected chi connectivity index (χ1v) is 7.45. The van der Waals surface area contributed by atoms with Crippen molar-refractivity contribution in [1.29, 1.82) is 0 Å².